The van der Waals surface area contributed by atoms with Gasteiger partial charge in [0.25, 0.3) is 5.56 Å². The van der Waals surface area contributed by atoms with Gasteiger partial charge in [0.2, 0.25) is 0 Å². The molecule has 0 atom stereocenters. The van der Waals surface area contributed by atoms with Crippen LogP contribution < -0.4 is 5.56 Å². The Morgan fingerprint density at radius 1 is 0.973 bits per heavy atom. The van der Waals surface area contributed by atoms with Gasteiger partial charge in [0, 0.05) is 44.4 Å². The van der Waals surface area contributed by atoms with Gasteiger partial charge in [-0.15, -0.1) is 0 Å². The van der Waals surface area contributed by atoms with Gasteiger partial charge in [-0.05, 0) is 42.8 Å². The van der Waals surface area contributed by atoms with Gasteiger partial charge in [-0.1, -0.05) is 30.3 Å². The number of carbonyl (C=O) groups is 1. The molecule has 0 aliphatic carbocycles. The summed E-state index contributed by atoms with van der Waals surface area (Å²) in [5.74, 6) is -0.236. The van der Waals surface area contributed by atoms with Crippen molar-refractivity contribution in [2.24, 2.45) is 0 Å². The van der Waals surface area contributed by atoms with Crippen molar-refractivity contribution >= 4 is 28.7 Å². The minimum Gasteiger partial charge on any atom is -0.465 e. The van der Waals surface area contributed by atoms with E-state index < -0.39 is 0 Å². The highest BCUT2D eigenvalue weighted by atomic mass is 32.1. The lowest BCUT2D eigenvalue weighted by atomic mass is 10.1. The van der Waals surface area contributed by atoms with Crippen LogP contribution >= 0.6 is 11.7 Å². The second-order valence-corrected chi connectivity index (χ2v) is 9.93. The van der Waals surface area contributed by atoms with Gasteiger partial charge in [-0.2, -0.15) is 13.8 Å². The summed E-state index contributed by atoms with van der Waals surface area (Å²) in [6.45, 7) is 5.99. The molecule has 0 amide bonds. The molecule has 192 valence electrons. The quantitative estimate of drug-likeness (QED) is 0.247. The van der Waals surface area contributed by atoms with E-state index in [2.05, 4.69) is 30.7 Å². The first kappa shape index (κ1) is 25.2. The Labute approximate surface area is 219 Å². The van der Waals surface area contributed by atoms with Crippen molar-refractivity contribution in [2.75, 3.05) is 46.4 Å². The SMILES string of the molecule is CN1CCN(CCCOC(=O)Cc2cccc(Cn3nc(-c4ccc5nsnc5c4)ccc3=O)c2)CC1. The fourth-order valence-electron chi connectivity index (χ4n) is 4.43. The number of aromatic nitrogens is 4. The summed E-state index contributed by atoms with van der Waals surface area (Å²) in [6, 6.07) is 16.6. The molecule has 3 heterocycles. The number of nitrogens with zero attached hydrogens (tertiary/aromatic N) is 6. The van der Waals surface area contributed by atoms with Crippen LogP contribution in [0.2, 0.25) is 0 Å². The summed E-state index contributed by atoms with van der Waals surface area (Å²) in [6.07, 6.45) is 1.04. The topological polar surface area (TPSA) is 93.4 Å². The van der Waals surface area contributed by atoms with E-state index in [0.29, 0.717) is 18.8 Å². The maximum absolute atomic E-state index is 12.5. The average Bonchev–Trinajstić information content (AvgIpc) is 3.37. The summed E-state index contributed by atoms with van der Waals surface area (Å²) < 4.78 is 15.4. The summed E-state index contributed by atoms with van der Waals surface area (Å²) >= 11 is 1.17. The van der Waals surface area contributed by atoms with E-state index in [4.69, 9.17) is 4.74 Å². The number of benzene rings is 2. The number of hydrogen-bond acceptors (Lipinski definition) is 9. The molecule has 0 spiro atoms. The molecule has 1 saturated heterocycles. The molecular weight excluding hydrogens is 488 g/mol. The van der Waals surface area contributed by atoms with Gasteiger partial charge < -0.3 is 14.5 Å². The Morgan fingerprint density at radius 3 is 2.65 bits per heavy atom. The second-order valence-electron chi connectivity index (χ2n) is 9.40. The first-order valence-electron chi connectivity index (χ1n) is 12.5. The van der Waals surface area contributed by atoms with Crippen molar-refractivity contribution in [2.45, 2.75) is 19.4 Å². The van der Waals surface area contributed by atoms with Crippen LogP contribution in [0.5, 0.6) is 0 Å². The fourth-order valence-corrected chi connectivity index (χ4v) is 4.95. The highest BCUT2D eigenvalue weighted by Crippen LogP contribution is 2.21. The zero-order chi connectivity index (χ0) is 25.6. The van der Waals surface area contributed by atoms with E-state index in [0.717, 1.165) is 66.9 Å². The molecule has 1 fully saturated rings. The van der Waals surface area contributed by atoms with E-state index >= 15 is 0 Å². The number of likely N-dealkylation sites (N-methyl/N-ethyl adjacent to an activating group) is 1. The lowest BCUT2D eigenvalue weighted by Gasteiger charge is -2.32. The zero-order valence-electron chi connectivity index (χ0n) is 20.9. The van der Waals surface area contributed by atoms with Crippen LogP contribution in [0.15, 0.2) is 59.4 Å². The Morgan fingerprint density at radius 2 is 1.78 bits per heavy atom. The number of esters is 1. The molecule has 5 rings (SSSR count). The number of hydrogen-bond donors (Lipinski definition) is 0. The van der Waals surface area contributed by atoms with Crippen LogP contribution in [-0.2, 0) is 22.5 Å². The van der Waals surface area contributed by atoms with Crippen LogP contribution in [0.25, 0.3) is 22.3 Å². The standard InChI is InChI=1S/C27H30N6O3S/c1-31-11-13-32(14-12-31)10-3-15-36-27(35)17-20-4-2-5-21(16-20)19-33-26(34)9-8-23(28-33)22-6-7-24-25(18-22)30-37-29-24/h2,4-9,16,18H,3,10-15,17,19H2,1H3. The highest BCUT2D eigenvalue weighted by Gasteiger charge is 2.14. The van der Waals surface area contributed by atoms with E-state index in [1.54, 1.807) is 6.07 Å². The molecule has 0 radical (unpaired) electrons. The van der Waals surface area contributed by atoms with Crippen LogP contribution in [0, 0.1) is 0 Å². The van der Waals surface area contributed by atoms with Gasteiger partial charge in [0.15, 0.2) is 0 Å². The number of ether oxygens (including phenoxy) is 1. The molecule has 0 N–H and O–H groups in total. The van der Waals surface area contributed by atoms with Crippen molar-refractivity contribution < 1.29 is 9.53 Å². The van der Waals surface area contributed by atoms with E-state index in [-0.39, 0.29) is 17.9 Å². The second kappa shape index (κ2) is 11.7. The number of carbonyl (C=O) groups excluding carboxylic acids is 1. The maximum Gasteiger partial charge on any atom is 0.310 e. The fraction of sp³-hybridized carbons (Fsp3) is 0.370. The monoisotopic (exact) mass is 518 g/mol. The van der Waals surface area contributed by atoms with Crippen molar-refractivity contribution in [3.63, 3.8) is 0 Å². The summed E-state index contributed by atoms with van der Waals surface area (Å²) in [4.78, 5) is 29.6. The Bertz CT molecular complexity index is 1430. The van der Waals surface area contributed by atoms with Crippen molar-refractivity contribution in [3.05, 3.63) is 76.1 Å². The molecular formula is C27H30N6O3S. The largest absolute Gasteiger partial charge is 0.465 e. The predicted octanol–water partition coefficient (Wildman–Crippen LogP) is 2.69. The Hall–Kier alpha value is -3.47. The van der Waals surface area contributed by atoms with Gasteiger partial charge in [-0.3, -0.25) is 9.59 Å². The zero-order valence-corrected chi connectivity index (χ0v) is 21.7. The molecule has 2 aromatic carbocycles. The van der Waals surface area contributed by atoms with E-state index in [9.17, 15) is 9.59 Å². The van der Waals surface area contributed by atoms with Gasteiger partial charge in [0.1, 0.15) is 11.0 Å². The van der Waals surface area contributed by atoms with Crippen LogP contribution in [0.4, 0.5) is 0 Å². The highest BCUT2D eigenvalue weighted by molar-refractivity contribution is 7.00. The third-order valence-corrected chi connectivity index (χ3v) is 7.12. The number of rotatable bonds is 9. The summed E-state index contributed by atoms with van der Waals surface area (Å²) in [5.41, 5.74) is 4.76. The Balaban J connectivity index is 1.17. The molecule has 4 aromatic rings. The lowest BCUT2D eigenvalue weighted by Crippen LogP contribution is -2.44. The molecule has 37 heavy (non-hydrogen) atoms. The minimum atomic E-state index is -0.236. The first-order chi connectivity index (χ1) is 18.0. The average molecular weight is 519 g/mol. The molecule has 1 aliphatic rings. The summed E-state index contributed by atoms with van der Waals surface area (Å²) in [7, 11) is 2.14. The normalized spacial score (nSPS) is 14.7. The molecule has 2 aromatic heterocycles. The third kappa shape index (κ3) is 6.65. The van der Waals surface area contributed by atoms with Crippen LogP contribution in [0.3, 0.4) is 0 Å². The van der Waals surface area contributed by atoms with Gasteiger partial charge >= 0.3 is 5.97 Å². The number of fused-ring (bicyclic) bond motifs is 1. The molecule has 0 unspecified atom stereocenters. The third-order valence-electron chi connectivity index (χ3n) is 6.57. The van der Waals surface area contributed by atoms with E-state index in [1.807, 2.05) is 42.5 Å². The van der Waals surface area contributed by atoms with E-state index in [1.165, 1.54) is 22.5 Å². The van der Waals surface area contributed by atoms with Gasteiger partial charge in [0.05, 0.1) is 37.0 Å². The smallest absolute Gasteiger partial charge is 0.310 e. The Kier molecular flexibility index (Phi) is 7.98. The lowest BCUT2D eigenvalue weighted by molar-refractivity contribution is -0.143. The maximum atomic E-state index is 12.5. The van der Waals surface area contributed by atoms with Gasteiger partial charge in [-0.25, -0.2) is 4.68 Å². The molecule has 9 nitrogen and oxygen atoms in total. The molecule has 0 saturated carbocycles. The van der Waals surface area contributed by atoms with Crippen LogP contribution in [-0.4, -0.2) is 80.7 Å². The number of piperazine rings is 1. The van der Waals surface area contributed by atoms with Crippen molar-refractivity contribution in [1.82, 2.24) is 28.3 Å². The first-order valence-corrected chi connectivity index (χ1v) is 13.2. The minimum absolute atomic E-state index is 0.190. The van der Waals surface area contributed by atoms with Crippen molar-refractivity contribution in [1.29, 1.82) is 0 Å². The van der Waals surface area contributed by atoms with Crippen molar-refractivity contribution in [3.8, 4) is 11.3 Å². The molecule has 1 aliphatic heterocycles. The molecule has 0 bridgehead atoms. The molecule has 10 heteroatoms. The van der Waals surface area contributed by atoms with Crippen LogP contribution in [0.1, 0.15) is 17.5 Å². The predicted molar refractivity (Wildman–Crippen MR) is 144 cm³/mol. The summed E-state index contributed by atoms with van der Waals surface area (Å²) in [5, 5.41) is 4.57.